The average molecular weight is 216 g/mol. The van der Waals surface area contributed by atoms with E-state index in [0.29, 0.717) is 11.3 Å². The van der Waals surface area contributed by atoms with Crippen molar-refractivity contribution in [3.05, 3.63) is 22.2 Å². The zero-order chi connectivity index (χ0) is 10.9. The summed E-state index contributed by atoms with van der Waals surface area (Å²) in [6.45, 7) is 1.61. The number of halogens is 1. The molecule has 0 heterocycles. The molecular weight excluding hydrogens is 206 g/mol. The van der Waals surface area contributed by atoms with Crippen molar-refractivity contribution in [2.45, 2.75) is 6.92 Å². The van der Waals surface area contributed by atoms with Gasteiger partial charge in [-0.2, -0.15) is 0 Å². The lowest BCUT2D eigenvalue weighted by Crippen LogP contribution is -2.06. The Balaban J connectivity index is 3.56. The topological polar surface area (TPSA) is 72.5 Å². The molecule has 0 atom stereocenters. The number of anilines is 1. The van der Waals surface area contributed by atoms with Crippen molar-refractivity contribution < 1.29 is 14.6 Å². The summed E-state index contributed by atoms with van der Waals surface area (Å²) in [6.07, 6.45) is 0. The highest BCUT2D eigenvalue weighted by molar-refractivity contribution is 6.33. The third-order valence-corrected chi connectivity index (χ3v) is 2.23. The van der Waals surface area contributed by atoms with Crippen LogP contribution in [0.1, 0.15) is 15.9 Å². The highest BCUT2D eigenvalue weighted by atomic mass is 35.5. The molecule has 14 heavy (non-hydrogen) atoms. The zero-order valence-electron chi connectivity index (χ0n) is 7.80. The van der Waals surface area contributed by atoms with E-state index in [1.165, 1.54) is 13.2 Å². The molecule has 3 N–H and O–H groups in total. The van der Waals surface area contributed by atoms with Crippen LogP contribution in [-0.4, -0.2) is 18.2 Å². The number of hydrogen-bond acceptors (Lipinski definition) is 3. The van der Waals surface area contributed by atoms with Crippen molar-refractivity contribution in [1.29, 1.82) is 0 Å². The van der Waals surface area contributed by atoms with Gasteiger partial charge in [0.25, 0.3) is 0 Å². The number of nitrogens with two attached hydrogens (primary N) is 1. The highest BCUT2D eigenvalue weighted by Gasteiger charge is 2.19. The van der Waals surface area contributed by atoms with Gasteiger partial charge in [0.1, 0.15) is 5.56 Å². The fourth-order valence-corrected chi connectivity index (χ4v) is 1.49. The molecule has 0 saturated heterocycles. The Morgan fingerprint density at radius 1 is 1.64 bits per heavy atom. The number of nitrogen functional groups attached to an aromatic ring is 1. The van der Waals surface area contributed by atoms with E-state index in [1.807, 2.05) is 0 Å². The van der Waals surface area contributed by atoms with Gasteiger partial charge in [-0.05, 0) is 18.6 Å². The van der Waals surface area contributed by atoms with Crippen LogP contribution in [0.5, 0.6) is 5.75 Å². The number of aromatic carboxylic acids is 1. The molecule has 76 valence electrons. The summed E-state index contributed by atoms with van der Waals surface area (Å²) >= 11 is 5.78. The van der Waals surface area contributed by atoms with E-state index in [-0.39, 0.29) is 16.3 Å². The van der Waals surface area contributed by atoms with Crippen LogP contribution in [0.15, 0.2) is 6.07 Å². The maximum absolute atomic E-state index is 10.9. The van der Waals surface area contributed by atoms with Gasteiger partial charge in [-0.15, -0.1) is 0 Å². The number of hydrogen-bond donors (Lipinski definition) is 2. The van der Waals surface area contributed by atoms with Gasteiger partial charge in [-0.1, -0.05) is 11.6 Å². The Morgan fingerprint density at radius 2 is 2.21 bits per heavy atom. The third-order valence-electron chi connectivity index (χ3n) is 1.95. The lowest BCUT2D eigenvalue weighted by atomic mass is 10.1. The number of benzene rings is 1. The molecule has 0 radical (unpaired) electrons. The second-order valence-corrected chi connectivity index (χ2v) is 3.19. The highest BCUT2D eigenvalue weighted by Crippen LogP contribution is 2.34. The van der Waals surface area contributed by atoms with Gasteiger partial charge in [-0.3, -0.25) is 0 Å². The first-order chi connectivity index (χ1) is 6.49. The van der Waals surface area contributed by atoms with Gasteiger partial charge >= 0.3 is 5.97 Å². The molecule has 0 aliphatic rings. The molecule has 0 aliphatic carbocycles. The average Bonchev–Trinajstić information content (AvgIpc) is 2.10. The molecule has 4 nitrogen and oxygen atoms in total. The number of ether oxygens (including phenoxy) is 1. The summed E-state index contributed by atoms with van der Waals surface area (Å²) in [6, 6.07) is 1.47. The van der Waals surface area contributed by atoms with Crippen LogP contribution in [0.4, 0.5) is 5.69 Å². The van der Waals surface area contributed by atoms with Crippen molar-refractivity contribution in [2.24, 2.45) is 0 Å². The monoisotopic (exact) mass is 215 g/mol. The summed E-state index contributed by atoms with van der Waals surface area (Å²) in [5.74, 6) is -0.959. The predicted octanol–water partition coefficient (Wildman–Crippen LogP) is 1.94. The maximum Gasteiger partial charge on any atom is 0.339 e. The quantitative estimate of drug-likeness (QED) is 0.740. The van der Waals surface area contributed by atoms with Gasteiger partial charge in [-0.25, -0.2) is 4.79 Å². The van der Waals surface area contributed by atoms with Crippen LogP contribution in [0.2, 0.25) is 5.02 Å². The van der Waals surface area contributed by atoms with Crippen molar-refractivity contribution in [1.82, 2.24) is 0 Å². The lowest BCUT2D eigenvalue weighted by Gasteiger charge is -2.11. The SMILES string of the molecule is COc1c(Cl)cc(N)c(C)c1C(=O)O. The fraction of sp³-hybridized carbons (Fsp3) is 0.222. The predicted molar refractivity (Wildman–Crippen MR) is 54.1 cm³/mol. The number of carboxylic acids is 1. The van der Waals surface area contributed by atoms with Crippen LogP contribution in [0, 0.1) is 6.92 Å². The van der Waals surface area contributed by atoms with Crippen molar-refractivity contribution in [3.8, 4) is 5.75 Å². The molecule has 1 aromatic carbocycles. The van der Waals surface area contributed by atoms with Gasteiger partial charge in [0, 0.05) is 5.69 Å². The molecule has 0 aromatic heterocycles. The summed E-state index contributed by atoms with van der Waals surface area (Å²) < 4.78 is 4.90. The molecule has 5 heteroatoms. The summed E-state index contributed by atoms with van der Waals surface area (Å²) in [4.78, 5) is 10.9. The van der Waals surface area contributed by atoms with Crippen molar-refractivity contribution >= 4 is 23.3 Å². The summed E-state index contributed by atoms with van der Waals surface area (Å²) in [5, 5.41) is 9.13. The number of rotatable bonds is 2. The summed E-state index contributed by atoms with van der Waals surface area (Å²) in [7, 11) is 1.36. The normalized spacial score (nSPS) is 9.93. The second kappa shape index (κ2) is 3.75. The minimum absolute atomic E-state index is 0.0116. The fourth-order valence-electron chi connectivity index (χ4n) is 1.20. The number of carboxylic acid groups (broad SMARTS) is 1. The first-order valence-electron chi connectivity index (χ1n) is 3.85. The standard InChI is InChI=1S/C9H10ClNO3/c1-4-6(11)3-5(10)8(14-2)7(4)9(12)13/h3H,11H2,1-2H3,(H,12,13). The Kier molecular flexibility index (Phi) is 2.86. The molecule has 0 spiro atoms. The maximum atomic E-state index is 10.9. The van der Waals surface area contributed by atoms with Gasteiger partial charge in [0.2, 0.25) is 0 Å². The lowest BCUT2D eigenvalue weighted by molar-refractivity contribution is 0.0692. The summed E-state index contributed by atoms with van der Waals surface area (Å²) in [5.41, 5.74) is 6.39. The minimum Gasteiger partial charge on any atom is -0.494 e. The second-order valence-electron chi connectivity index (χ2n) is 2.79. The van der Waals surface area contributed by atoms with Crippen LogP contribution >= 0.6 is 11.6 Å². The van der Waals surface area contributed by atoms with E-state index in [2.05, 4.69) is 0 Å². The molecule has 0 amide bonds. The largest absolute Gasteiger partial charge is 0.494 e. The molecule has 0 bridgehead atoms. The molecule has 0 unspecified atom stereocenters. The van der Waals surface area contributed by atoms with Crippen molar-refractivity contribution in [3.63, 3.8) is 0 Å². The van der Waals surface area contributed by atoms with Crippen molar-refractivity contribution in [2.75, 3.05) is 12.8 Å². The van der Waals surface area contributed by atoms with Gasteiger partial charge in [0.05, 0.1) is 12.1 Å². The number of methoxy groups -OCH3 is 1. The van der Waals surface area contributed by atoms with Crippen LogP contribution < -0.4 is 10.5 Å². The first-order valence-corrected chi connectivity index (χ1v) is 4.22. The van der Waals surface area contributed by atoms with Crippen LogP contribution in [0.25, 0.3) is 0 Å². The molecular formula is C9H10ClNO3. The zero-order valence-corrected chi connectivity index (χ0v) is 8.55. The van der Waals surface area contributed by atoms with E-state index in [0.717, 1.165) is 0 Å². The molecule has 1 rings (SSSR count). The van der Waals surface area contributed by atoms with Gasteiger partial charge < -0.3 is 15.6 Å². The van der Waals surface area contributed by atoms with Crippen LogP contribution in [0.3, 0.4) is 0 Å². The van der Waals surface area contributed by atoms with E-state index in [4.69, 9.17) is 27.2 Å². The minimum atomic E-state index is -1.10. The third kappa shape index (κ3) is 1.61. The van der Waals surface area contributed by atoms with E-state index in [1.54, 1.807) is 6.92 Å². The Morgan fingerprint density at radius 3 is 2.64 bits per heavy atom. The van der Waals surface area contributed by atoms with Gasteiger partial charge in [0.15, 0.2) is 5.75 Å². The van der Waals surface area contributed by atoms with E-state index in [9.17, 15) is 4.79 Å². The molecule has 1 aromatic rings. The Labute approximate surface area is 86.2 Å². The smallest absolute Gasteiger partial charge is 0.339 e. The first kappa shape index (κ1) is 10.7. The molecule has 0 aliphatic heterocycles. The molecule has 0 fully saturated rings. The Hall–Kier alpha value is -1.42. The van der Waals surface area contributed by atoms with E-state index < -0.39 is 5.97 Å². The Bertz CT molecular complexity index is 390. The van der Waals surface area contributed by atoms with Crippen LogP contribution in [-0.2, 0) is 0 Å². The number of carbonyl (C=O) groups is 1. The molecule has 0 saturated carbocycles. The van der Waals surface area contributed by atoms with E-state index >= 15 is 0 Å².